The van der Waals surface area contributed by atoms with Crippen LogP contribution in [0, 0.1) is 0 Å². The van der Waals surface area contributed by atoms with Crippen molar-refractivity contribution < 1.29 is 9.90 Å². The number of hydrogen-bond acceptors (Lipinski definition) is 3. The molecule has 0 aliphatic carbocycles. The monoisotopic (exact) mass is 320 g/mol. The highest BCUT2D eigenvalue weighted by atomic mass is 35.5. The fourth-order valence-corrected chi connectivity index (χ4v) is 2.99. The van der Waals surface area contributed by atoms with Crippen molar-refractivity contribution in [3.8, 4) is 0 Å². The summed E-state index contributed by atoms with van der Waals surface area (Å²) in [5.74, 6) is -0.159. The van der Waals surface area contributed by atoms with E-state index in [0.717, 1.165) is 36.7 Å². The second-order valence-electron chi connectivity index (χ2n) is 5.57. The van der Waals surface area contributed by atoms with Crippen molar-refractivity contribution in [1.82, 2.24) is 4.90 Å². The average molecular weight is 321 g/mol. The maximum Gasteiger partial charge on any atom is 0.242 e. The summed E-state index contributed by atoms with van der Waals surface area (Å²) in [5.41, 5.74) is 6.74. The number of likely N-dealkylation sites (tertiary alicyclic amines) is 1. The van der Waals surface area contributed by atoms with E-state index in [2.05, 4.69) is 0 Å². The normalized spacial score (nSPS) is 17.1. The molecule has 2 atom stereocenters. The number of halogens is 1. The summed E-state index contributed by atoms with van der Waals surface area (Å²) >= 11 is 0. The molecule has 118 valence electrons. The fourth-order valence-electron chi connectivity index (χ4n) is 2.99. The summed E-state index contributed by atoms with van der Waals surface area (Å²) in [6, 6.07) is 12.6. The van der Waals surface area contributed by atoms with Crippen molar-refractivity contribution in [2.75, 3.05) is 13.1 Å². The van der Waals surface area contributed by atoms with Crippen molar-refractivity contribution in [3.63, 3.8) is 0 Å². The third-order valence-corrected chi connectivity index (χ3v) is 4.19. The topological polar surface area (TPSA) is 66.6 Å². The first-order valence-corrected chi connectivity index (χ1v) is 7.38. The number of hydrogen-bond donors (Lipinski definition) is 2. The summed E-state index contributed by atoms with van der Waals surface area (Å²) in [7, 11) is 0. The molecule has 0 saturated carbocycles. The van der Waals surface area contributed by atoms with E-state index in [-0.39, 0.29) is 18.3 Å². The number of aliphatic hydroxyl groups excluding tert-OH is 1. The van der Waals surface area contributed by atoms with Crippen molar-refractivity contribution in [1.29, 1.82) is 0 Å². The van der Waals surface area contributed by atoms with Crippen molar-refractivity contribution >= 4 is 29.1 Å². The SMILES string of the molecule is Cl.NC(C(=O)N1CCCC1)C(O)c1cccc2ccccc12. The van der Waals surface area contributed by atoms with Crippen LogP contribution in [0.3, 0.4) is 0 Å². The van der Waals surface area contributed by atoms with Crippen molar-refractivity contribution in [2.45, 2.75) is 25.0 Å². The van der Waals surface area contributed by atoms with Crippen molar-refractivity contribution in [2.24, 2.45) is 5.73 Å². The number of nitrogens with two attached hydrogens (primary N) is 1. The predicted molar refractivity (Wildman–Crippen MR) is 89.9 cm³/mol. The van der Waals surface area contributed by atoms with Crippen LogP contribution in [0.5, 0.6) is 0 Å². The van der Waals surface area contributed by atoms with Crippen LogP contribution < -0.4 is 5.73 Å². The molecule has 0 radical (unpaired) electrons. The molecule has 2 aromatic rings. The maximum absolute atomic E-state index is 12.3. The van der Waals surface area contributed by atoms with Gasteiger partial charge in [-0.2, -0.15) is 0 Å². The Morgan fingerprint density at radius 1 is 1.09 bits per heavy atom. The molecule has 3 N–H and O–H groups in total. The quantitative estimate of drug-likeness (QED) is 0.911. The van der Waals surface area contributed by atoms with E-state index in [1.807, 2.05) is 42.5 Å². The number of aliphatic hydroxyl groups is 1. The van der Waals surface area contributed by atoms with E-state index in [9.17, 15) is 9.90 Å². The van der Waals surface area contributed by atoms with E-state index in [1.165, 1.54) is 0 Å². The molecule has 1 aliphatic heterocycles. The Morgan fingerprint density at radius 3 is 2.45 bits per heavy atom. The molecule has 4 nitrogen and oxygen atoms in total. The van der Waals surface area contributed by atoms with Gasteiger partial charge in [-0.3, -0.25) is 4.79 Å². The zero-order chi connectivity index (χ0) is 14.8. The van der Waals surface area contributed by atoms with E-state index in [0.29, 0.717) is 5.56 Å². The third-order valence-electron chi connectivity index (χ3n) is 4.19. The van der Waals surface area contributed by atoms with Gasteiger partial charge in [0, 0.05) is 13.1 Å². The largest absolute Gasteiger partial charge is 0.386 e. The minimum absolute atomic E-state index is 0. The van der Waals surface area contributed by atoms with Crippen LogP contribution in [0.15, 0.2) is 42.5 Å². The number of rotatable bonds is 3. The van der Waals surface area contributed by atoms with Gasteiger partial charge in [0.15, 0.2) is 0 Å². The lowest BCUT2D eigenvalue weighted by atomic mass is 9.96. The molecule has 5 heteroatoms. The Morgan fingerprint density at radius 2 is 1.73 bits per heavy atom. The number of fused-ring (bicyclic) bond motifs is 1. The number of amides is 1. The van der Waals surface area contributed by atoms with Crippen molar-refractivity contribution in [3.05, 3.63) is 48.0 Å². The van der Waals surface area contributed by atoms with Crippen LogP contribution in [-0.2, 0) is 4.79 Å². The van der Waals surface area contributed by atoms with E-state index < -0.39 is 12.1 Å². The summed E-state index contributed by atoms with van der Waals surface area (Å²) < 4.78 is 0. The molecule has 1 fully saturated rings. The number of benzene rings is 2. The first kappa shape index (κ1) is 16.7. The molecule has 1 amide bonds. The zero-order valence-corrected chi connectivity index (χ0v) is 13.1. The van der Waals surface area contributed by atoms with Gasteiger partial charge in [0.25, 0.3) is 0 Å². The first-order chi connectivity index (χ1) is 10.2. The van der Waals surface area contributed by atoms with Gasteiger partial charge < -0.3 is 15.7 Å². The molecule has 0 spiro atoms. The average Bonchev–Trinajstić information content (AvgIpc) is 3.06. The van der Waals surface area contributed by atoms with Gasteiger partial charge in [-0.05, 0) is 29.2 Å². The molecule has 22 heavy (non-hydrogen) atoms. The zero-order valence-electron chi connectivity index (χ0n) is 12.3. The lowest BCUT2D eigenvalue weighted by Crippen LogP contribution is -2.45. The Kier molecular flexibility index (Phi) is 5.40. The molecule has 1 heterocycles. The van der Waals surface area contributed by atoms with Gasteiger partial charge >= 0.3 is 0 Å². The van der Waals surface area contributed by atoms with Crippen LogP contribution in [0.2, 0.25) is 0 Å². The van der Waals surface area contributed by atoms with E-state index in [1.54, 1.807) is 4.90 Å². The van der Waals surface area contributed by atoms with Gasteiger partial charge in [0.1, 0.15) is 12.1 Å². The Bertz CT molecular complexity index is 651. The van der Waals surface area contributed by atoms with E-state index in [4.69, 9.17) is 5.73 Å². The lowest BCUT2D eigenvalue weighted by molar-refractivity contribution is -0.134. The molecular formula is C17H21ClN2O2. The minimum Gasteiger partial charge on any atom is -0.386 e. The van der Waals surface area contributed by atoms with Crippen LogP contribution in [0.4, 0.5) is 0 Å². The summed E-state index contributed by atoms with van der Waals surface area (Å²) in [6.45, 7) is 1.49. The second-order valence-corrected chi connectivity index (χ2v) is 5.57. The number of carbonyl (C=O) groups is 1. The first-order valence-electron chi connectivity index (χ1n) is 7.38. The Hall–Kier alpha value is -1.62. The number of nitrogens with zero attached hydrogens (tertiary/aromatic N) is 1. The highest BCUT2D eigenvalue weighted by molar-refractivity contribution is 5.88. The smallest absolute Gasteiger partial charge is 0.242 e. The van der Waals surface area contributed by atoms with Gasteiger partial charge in [-0.25, -0.2) is 0 Å². The van der Waals surface area contributed by atoms with Crippen LogP contribution >= 0.6 is 12.4 Å². The summed E-state index contributed by atoms with van der Waals surface area (Å²) in [6.07, 6.45) is 1.05. The standard InChI is InChI=1S/C17H20N2O2.ClH/c18-15(17(21)19-10-3-4-11-19)16(20)14-9-5-7-12-6-1-2-8-13(12)14;/h1-2,5-9,15-16,20H,3-4,10-11,18H2;1H. The van der Waals surface area contributed by atoms with Gasteiger partial charge in [-0.15, -0.1) is 12.4 Å². The Balaban J connectivity index is 0.00000176. The Labute approximate surface area is 136 Å². The number of carbonyl (C=O) groups excluding carboxylic acids is 1. The summed E-state index contributed by atoms with van der Waals surface area (Å²) in [4.78, 5) is 14.1. The molecule has 1 aliphatic rings. The third kappa shape index (κ3) is 3.09. The van der Waals surface area contributed by atoms with E-state index >= 15 is 0 Å². The van der Waals surface area contributed by atoms with Crippen LogP contribution in [-0.4, -0.2) is 35.0 Å². The lowest BCUT2D eigenvalue weighted by Gasteiger charge is -2.24. The molecular weight excluding hydrogens is 300 g/mol. The highest BCUT2D eigenvalue weighted by Gasteiger charge is 2.30. The van der Waals surface area contributed by atoms with Gasteiger partial charge in [-0.1, -0.05) is 42.5 Å². The molecule has 0 aromatic heterocycles. The van der Waals surface area contributed by atoms with Gasteiger partial charge in [0.2, 0.25) is 5.91 Å². The molecule has 3 rings (SSSR count). The molecule has 0 bridgehead atoms. The maximum atomic E-state index is 12.3. The van der Waals surface area contributed by atoms with Crippen LogP contribution in [0.25, 0.3) is 10.8 Å². The van der Waals surface area contributed by atoms with Gasteiger partial charge in [0.05, 0.1) is 0 Å². The molecule has 1 saturated heterocycles. The fraction of sp³-hybridized carbons (Fsp3) is 0.353. The molecule has 2 unspecified atom stereocenters. The molecule has 2 aromatic carbocycles. The highest BCUT2D eigenvalue weighted by Crippen LogP contribution is 2.26. The predicted octanol–water partition coefficient (Wildman–Crippen LogP) is 2.24. The minimum atomic E-state index is -0.982. The van der Waals surface area contributed by atoms with Crippen LogP contribution in [0.1, 0.15) is 24.5 Å². The summed E-state index contributed by atoms with van der Waals surface area (Å²) in [5, 5.41) is 12.5. The second kappa shape index (κ2) is 7.09.